The molecule has 0 saturated heterocycles. The fourth-order valence-electron chi connectivity index (χ4n) is 2.10. The Morgan fingerprint density at radius 1 is 1.32 bits per heavy atom. The van der Waals surface area contributed by atoms with E-state index < -0.39 is 0 Å². The molecule has 1 N–H and O–H groups in total. The Balaban J connectivity index is 1.62. The van der Waals surface area contributed by atoms with E-state index in [1.54, 1.807) is 18.2 Å². The molecule has 0 aromatic heterocycles. The quantitative estimate of drug-likeness (QED) is 0.864. The smallest absolute Gasteiger partial charge is 0.251 e. The first-order valence-electron chi connectivity index (χ1n) is 6.56. The van der Waals surface area contributed by atoms with E-state index in [0.29, 0.717) is 41.6 Å². The van der Waals surface area contributed by atoms with Gasteiger partial charge in [-0.2, -0.15) is 0 Å². The molecule has 0 bridgehead atoms. The average molecular weight is 326 g/mol. The van der Waals surface area contributed by atoms with Gasteiger partial charge in [-0.1, -0.05) is 15.9 Å². The van der Waals surface area contributed by atoms with Crippen molar-refractivity contribution in [2.75, 3.05) is 19.8 Å². The largest absolute Gasteiger partial charge is 0.486 e. The lowest BCUT2D eigenvalue weighted by atomic mass is 10.1. The number of fused-ring (bicyclic) bond motifs is 1. The number of benzene rings is 1. The second-order valence-electron chi connectivity index (χ2n) is 4.92. The standard InChI is InChI=1S/C14H16BrNO3/c15-11(9-1-2-9)8-16-14(17)10-3-4-12-13(7-10)19-6-5-18-12/h3-4,7,9,11H,1-2,5-6,8H2,(H,16,17). The molecule has 1 aromatic rings. The van der Waals surface area contributed by atoms with Crippen LogP contribution in [0.25, 0.3) is 0 Å². The van der Waals surface area contributed by atoms with E-state index >= 15 is 0 Å². The van der Waals surface area contributed by atoms with Crippen molar-refractivity contribution >= 4 is 21.8 Å². The molecule has 4 nitrogen and oxygen atoms in total. The van der Waals surface area contributed by atoms with Gasteiger partial charge in [0, 0.05) is 16.9 Å². The summed E-state index contributed by atoms with van der Waals surface area (Å²) in [6.45, 7) is 1.76. The topological polar surface area (TPSA) is 47.6 Å². The van der Waals surface area contributed by atoms with E-state index in [0.717, 1.165) is 5.92 Å². The summed E-state index contributed by atoms with van der Waals surface area (Å²) in [6, 6.07) is 5.29. The first kappa shape index (κ1) is 12.8. The molecular formula is C14H16BrNO3. The highest BCUT2D eigenvalue weighted by Gasteiger charge is 2.29. The number of carbonyl (C=O) groups is 1. The van der Waals surface area contributed by atoms with Gasteiger partial charge in [0.2, 0.25) is 0 Å². The molecule has 3 rings (SSSR count). The summed E-state index contributed by atoms with van der Waals surface area (Å²) < 4.78 is 10.9. The van der Waals surface area contributed by atoms with E-state index in [1.807, 2.05) is 0 Å². The summed E-state index contributed by atoms with van der Waals surface area (Å²) in [4.78, 5) is 12.4. The highest BCUT2D eigenvalue weighted by atomic mass is 79.9. The fourth-order valence-corrected chi connectivity index (χ4v) is 2.79. The van der Waals surface area contributed by atoms with Crippen LogP contribution in [0.2, 0.25) is 0 Å². The molecule has 1 aliphatic heterocycles. The predicted molar refractivity (Wildman–Crippen MR) is 75.2 cm³/mol. The third-order valence-electron chi connectivity index (χ3n) is 3.40. The number of nitrogens with one attached hydrogen (secondary N) is 1. The zero-order valence-corrected chi connectivity index (χ0v) is 12.1. The number of amides is 1. The maximum Gasteiger partial charge on any atom is 0.251 e. The Morgan fingerprint density at radius 2 is 2.05 bits per heavy atom. The van der Waals surface area contributed by atoms with Crippen LogP contribution in [0.4, 0.5) is 0 Å². The van der Waals surface area contributed by atoms with Crippen molar-refractivity contribution in [2.45, 2.75) is 17.7 Å². The number of carbonyl (C=O) groups excluding carboxylic acids is 1. The summed E-state index contributed by atoms with van der Waals surface area (Å²) in [7, 11) is 0. The van der Waals surface area contributed by atoms with Gasteiger partial charge in [-0.05, 0) is 37.0 Å². The van der Waals surface area contributed by atoms with Crippen molar-refractivity contribution in [3.8, 4) is 11.5 Å². The molecule has 2 aliphatic rings. The van der Waals surface area contributed by atoms with Gasteiger partial charge >= 0.3 is 0 Å². The number of rotatable bonds is 4. The van der Waals surface area contributed by atoms with Gasteiger partial charge in [0.1, 0.15) is 13.2 Å². The molecular weight excluding hydrogens is 310 g/mol. The van der Waals surface area contributed by atoms with Crippen LogP contribution in [0.1, 0.15) is 23.2 Å². The summed E-state index contributed by atoms with van der Waals surface area (Å²) in [5.41, 5.74) is 0.611. The first-order valence-corrected chi connectivity index (χ1v) is 7.47. The van der Waals surface area contributed by atoms with Crippen molar-refractivity contribution in [2.24, 2.45) is 5.92 Å². The molecule has 1 atom stereocenters. The van der Waals surface area contributed by atoms with E-state index in [-0.39, 0.29) is 5.91 Å². The van der Waals surface area contributed by atoms with Crippen LogP contribution in [0.15, 0.2) is 18.2 Å². The van der Waals surface area contributed by atoms with Gasteiger partial charge in [-0.15, -0.1) is 0 Å². The normalized spacial score (nSPS) is 18.8. The lowest BCUT2D eigenvalue weighted by molar-refractivity contribution is 0.0952. The summed E-state index contributed by atoms with van der Waals surface area (Å²) >= 11 is 3.61. The summed E-state index contributed by atoms with van der Waals surface area (Å²) in [5.74, 6) is 2.01. The molecule has 1 saturated carbocycles. The lowest BCUT2D eigenvalue weighted by Crippen LogP contribution is -2.30. The Hall–Kier alpha value is -1.23. The van der Waals surface area contributed by atoms with Crippen LogP contribution in [-0.2, 0) is 0 Å². The number of hydrogen-bond donors (Lipinski definition) is 1. The minimum Gasteiger partial charge on any atom is -0.486 e. The highest BCUT2D eigenvalue weighted by molar-refractivity contribution is 9.09. The van der Waals surface area contributed by atoms with Crippen LogP contribution < -0.4 is 14.8 Å². The first-order chi connectivity index (χ1) is 9.24. The van der Waals surface area contributed by atoms with E-state index in [1.165, 1.54) is 12.8 Å². The molecule has 102 valence electrons. The van der Waals surface area contributed by atoms with Crippen LogP contribution in [-0.4, -0.2) is 30.5 Å². The Labute approximate surface area is 120 Å². The molecule has 0 radical (unpaired) electrons. The second kappa shape index (κ2) is 5.41. The van der Waals surface area contributed by atoms with Crippen LogP contribution in [0, 0.1) is 5.92 Å². The minimum absolute atomic E-state index is 0.0675. The molecule has 1 fully saturated rings. The zero-order valence-electron chi connectivity index (χ0n) is 10.5. The zero-order chi connectivity index (χ0) is 13.2. The SMILES string of the molecule is O=C(NCC(Br)C1CC1)c1ccc2c(c1)OCCO2. The number of halogens is 1. The van der Waals surface area contributed by atoms with E-state index in [4.69, 9.17) is 9.47 Å². The van der Waals surface area contributed by atoms with Gasteiger partial charge in [-0.25, -0.2) is 0 Å². The van der Waals surface area contributed by atoms with Crippen molar-refractivity contribution in [1.29, 1.82) is 0 Å². The summed E-state index contributed by atoms with van der Waals surface area (Å²) in [6.07, 6.45) is 2.52. The van der Waals surface area contributed by atoms with E-state index in [2.05, 4.69) is 21.2 Å². The second-order valence-corrected chi connectivity index (χ2v) is 6.10. The Bertz CT molecular complexity index is 488. The maximum absolute atomic E-state index is 12.0. The van der Waals surface area contributed by atoms with Crippen molar-refractivity contribution in [3.05, 3.63) is 23.8 Å². The molecule has 1 aromatic carbocycles. The molecule has 0 spiro atoms. The van der Waals surface area contributed by atoms with Crippen LogP contribution >= 0.6 is 15.9 Å². The minimum atomic E-state index is -0.0675. The predicted octanol–water partition coefficient (Wildman–Crippen LogP) is 2.36. The third kappa shape index (κ3) is 3.03. The number of alkyl halides is 1. The number of ether oxygens (including phenoxy) is 2. The van der Waals surface area contributed by atoms with Crippen LogP contribution in [0.3, 0.4) is 0 Å². The molecule has 1 aliphatic carbocycles. The van der Waals surface area contributed by atoms with Crippen molar-refractivity contribution in [3.63, 3.8) is 0 Å². The Kier molecular flexibility index (Phi) is 3.64. The van der Waals surface area contributed by atoms with Crippen molar-refractivity contribution in [1.82, 2.24) is 5.32 Å². The van der Waals surface area contributed by atoms with Gasteiger partial charge in [0.15, 0.2) is 11.5 Å². The van der Waals surface area contributed by atoms with E-state index in [9.17, 15) is 4.79 Å². The molecule has 5 heteroatoms. The van der Waals surface area contributed by atoms with Crippen LogP contribution in [0.5, 0.6) is 11.5 Å². The van der Waals surface area contributed by atoms with Gasteiger partial charge in [-0.3, -0.25) is 4.79 Å². The third-order valence-corrected chi connectivity index (χ3v) is 4.47. The van der Waals surface area contributed by atoms with Gasteiger partial charge in [0.05, 0.1) is 0 Å². The highest BCUT2D eigenvalue weighted by Crippen LogP contribution is 2.36. The molecule has 1 unspecified atom stereocenters. The maximum atomic E-state index is 12.0. The Morgan fingerprint density at radius 3 is 2.79 bits per heavy atom. The molecule has 19 heavy (non-hydrogen) atoms. The fraction of sp³-hybridized carbons (Fsp3) is 0.500. The monoisotopic (exact) mass is 325 g/mol. The lowest BCUT2D eigenvalue weighted by Gasteiger charge is -2.18. The van der Waals surface area contributed by atoms with Crippen molar-refractivity contribution < 1.29 is 14.3 Å². The molecule has 1 heterocycles. The summed E-state index contributed by atoms with van der Waals surface area (Å²) in [5, 5.41) is 2.94. The number of hydrogen-bond acceptors (Lipinski definition) is 3. The van der Waals surface area contributed by atoms with Gasteiger partial charge in [0.25, 0.3) is 5.91 Å². The molecule has 1 amide bonds. The average Bonchev–Trinajstić information content (AvgIpc) is 3.28. The van der Waals surface area contributed by atoms with Gasteiger partial charge < -0.3 is 14.8 Å².